The zero-order valence-corrected chi connectivity index (χ0v) is 13.1. The Hall–Kier alpha value is -2.01. The van der Waals surface area contributed by atoms with Gasteiger partial charge in [0.2, 0.25) is 0 Å². The molecule has 1 N–H and O–H groups in total. The molecule has 2 aromatic rings. The maximum Gasteiger partial charge on any atom is 0.165 e. The van der Waals surface area contributed by atoms with Crippen molar-refractivity contribution in [2.75, 3.05) is 14.2 Å². The van der Waals surface area contributed by atoms with E-state index in [0.29, 0.717) is 6.04 Å². The van der Waals surface area contributed by atoms with E-state index in [4.69, 9.17) is 9.47 Å². The number of nitrogens with zero attached hydrogens (tertiary/aromatic N) is 2. The van der Waals surface area contributed by atoms with Gasteiger partial charge in [0.15, 0.2) is 11.5 Å². The van der Waals surface area contributed by atoms with Crippen LogP contribution in [0.3, 0.4) is 0 Å². The molecule has 21 heavy (non-hydrogen) atoms. The number of nitrogens with one attached hydrogen (secondary N) is 1. The number of para-hydroxylation sites is 1. The molecule has 1 aromatic carbocycles. The smallest absolute Gasteiger partial charge is 0.165 e. The molecular weight excluding hydrogens is 266 g/mol. The van der Waals surface area contributed by atoms with E-state index in [-0.39, 0.29) is 0 Å². The fourth-order valence-corrected chi connectivity index (χ4v) is 2.29. The first-order valence-corrected chi connectivity index (χ1v) is 7.06. The number of aromatic nitrogens is 2. The first-order chi connectivity index (χ1) is 10.1. The zero-order chi connectivity index (χ0) is 15.2. The third-order valence-electron chi connectivity index (χ3n) is 3.35. The molecule has 114 valence electrons. The van der Waals surface area contributed by atoms with Crippen molar-refractivity contribution in [2.24, 2.45) is 0 Å². The van der Waals surface area contributed by atoms with Crippen LogP contribution in [0.25, 0.3) is 0 Å². The van der Waals surface area contributed by atoms with E-state index in [1.807, 2.05) is 42.2 Å². The Labute approximate surface area is 125 Å². The molecule has 0 aliphatic heterocycles. The summed E-state index contributed by atoms with van der Waals surface area (Å²) >= 11 is 0. The van der Waals surface area contributed by atoms with Crippen molar-refractivity contribution in [3.63, 3.8) is 0 Å². The maximum absolute atomic E-state index is 5.44. The topological polar surface area (TPSA) is 48.3 Å². The molecule has 0 saturated heterocycles. The van der Waals surface area contributed by atoms with Crippen molar-refractivity contribution >= 4 is 0 Å². The molecule has 2 rings (SSSR count). The molecule has 1 unspecified atom stereocenters. The van der Waals surface area contributed by atoms with Crippen LogP contribution in [0.1, 0.15) is 18.1 Å². The maximum atomic E-state index is 5.44. The van der Waals surface area contributed by atoms with Crippen LogP contribution in [0.5, 0.6) is 11.5 Å². The van der Waals surface area contributed by atoms with Gasteiger partial charge in [-0.15, -0.1) is 0 Å². The SMILES string of the molecule is COc1cccc(CNC(C)Cn2cc(C)cn2)c1OC. The van der Waals surface area contributed by atoms with Crippen LogP contribution in [-0.4, -0.2) is 30.0 Å². The molecule has 5 heteroatoms. The van der Waals surface area contributed by atoms with Gasteiger partial charge < -0.3 is 14.8 Å². The van der Waals surface area contributed by atoms with E-state index >= 15 is 0 Å². The molecule has 1 aromatic heterocycles. The molecule has 1 heterocycles. The molecule has 0 bridgehead atoms. The Kier molecular flexibility index (Phi) is 5.22. The van der Waals surface area contributed by atoms with Crippen molar-refractivity contribution in [1.29, 1.82) is 0 Å². The predicted molar refractivity (Wildman–Crippen MR) is 82.8 cm³/mol. The van der Waals surface area contributed by atoms with E-state index in [0.717, 1.165) is 30.2 Å². The summed E-state index contributed by atoms with van der Waals surface area (Å²) in [6.07, 6.45) is 3.92. The molecule has 0 saturated carbocycles. The Morgan fingerprint density at radius 3 is 2.71 bits per heavy atom. The minimum atomic E-state index is 0.306. The Balaban J connectivity index is 1.96. The number of methoxy groups -OCH3 is 2. The third-order valence-corrected chi connectivity index (χ3v) is 3.35. The fraction of sp³-hybridized carbons (Fsp3) is 0.438. The predicted octanol–water partition coefficient (Wildman–Crippen LogP) is 2.39. The monoisotopic (exact) mass is 289 g/mol. The van der Waals surface area contributed by atoms with Gasteiger partial charge in [0.1, 0.15) is 0 Å². The summed E-state index contributed by atoms with van der Waals surface area (Å²) in [5.41, 5.74) is 2.26. The van der Waals surface area contributed by atoms with Gasteiger partial charge in [0.25, 0.3) is 0 Å². The second kappa shape index (κ2) is 7.13. The molecular formula is C16H23N3O2. The molecule has 0 fully saturated rings. The third kappa shape index (κ3) is 3.98. The lowest BCUT2D eigenvalue weighted by molar-refractivity contribution is 0.349. The summed E-state index contributed by atoms with van der Waals surface area (Å²) in [6.45, 7) is 5.74. The van der Waals surface area contributed by atoms with Gasteiger partial charge in [-0.25, -0.2) is 0 Å². The molecule has 0 spiro atoms. The van der Waals surface area contributed by atoms with Gasteiger partial charge in [0.05, 0.1) is 27.0 Å². The van der Waals surface area contributed by atoms with Crippen molar-refractivity contribution in [1.82, 2.24) is 15.1 Å². The average Bonchev–Trinajstić information content (AvgIpc) is 2.89. The second-order valence-electron chi connectivity index (χ2n) is 5.17. The van der Waals surface area contributed by atoms with Gasteiger partial charge in [-0.3, -0.25) is 4.68 Å². The van der Waals surface area contributed by atoms with Crippen LogP contribution in [0.2, 0.25) is 0 Å². The highest BCUT2D eigenvalue weighted by Crippen LogP contribution is 2.30. The van der Waals surface area contributed by atoms with E-state index in [1.165, 1.54) is 5.56 Å². The molecule has 0 aliphatic rings. The standard InChI is InChI=1S/C16H23N3O2/c1-12-8-18-19(10-12)11-13(2)17-9-14-6-5-7-15(20-3)16(14)21-4/h5-8,10,13,17H,9,11H2,1-4H3. The summed E-state index contributed by atoms with van der Waals surface area (Å²) in [7, 11) is 3.31. The van der Waals surface area contributed by atoms with E-state index in [2.05, 4.69) is 17.3 Å². The van der Waals surface area contributed by atoms with Gasteiger partial charge in [-0.1, -0.05) is 12.1 Å². The fourth-order valence-electron chi connectivity index (χ4n) is 2.29. The van der Waals surface area contributed by atoms with Crippen LogP contribution in [0, 0.1) is 6.92 Å². The number of ether oxygens (including phenoxy) is 2. The average molecular weight is 289 g/mol. The summed E-state index contributed by atoms with van der Waals surface area (Å²) < 4.78 is 12.7. The van der Waals surface area contributed by atoms with Gasteiger partial charge >= 0.3 is 0 Å². The molecule has 0 aliphatic carbocycles. The summed E-state index contributed by atoms with van der Waals surface area (Å²) in [4.78, 5) is 0. The summed E-state index contributed by atoms with van der Waals surface area (Å²) in [6, 6.07) is 6.22. The highest BCUT2D eigenvalue weighted by molar-refractivity contribution is 5.46. The van der Waals surface area contributed by atoms with Gasteiger partial charge in [-0.2, -0.15) is 5.10 Å². The Morgan fingerprint density at radius 1 is 1.29 bits per heavy atom. The highest BCUT2D eigenvalue weighted by Gasteiger charge is 2.10. The largest absolute Gasteiger partial charge is 0.493 e. The number of hydrogen-bond acceptors (Lipinski definition) is 4. The minimum absolute atomic E-state index is 0.306. The van der Waals surface area contributed by atoms with E-state index in [1.54, 1.807) is 14.2 Å². The molecule has 0 radical (unpaired) electrons. The van der Waals surface area contributed by atoms with Gasteiger partial charge in [0, 0.05) is 24.3 Å². The van der Waals surface area contributed by atoms with Crippen molar-refractivity contribution in [3.05, 3.63) is 41.7 Å². The summed E-state index contributed by atoms with van der Waals surface area (Å²) in [5, 5.41) is 7.79. The Morgan fingerprint density at radius 2 is 2.10 bits per heavy atom. The second-order valence-corrected chi connectivity index (χ2v) is 5.17. The minimum Gasteiger partial charge on any atom is -0.493 e. The van der Waals surface area contributed by atoms with Crippen LogP contribution in [0.15, 0.2) is 30.6 Å². The number of aryl methyl sites for hydroxylation is 1. The van der Waals surface area contributed by atoms with Crippen LogP contribution >= 0.6 is 0 Å². The quantitative estimate of drug-likeness (QED) is 0.850. The van der Waals surface area contributed by atoms with E-state index in [9.17, 15) is 0 Å². The molecule has 1 atom stereocenters. The van der Waals surface area contributed by atoms with Crippen molar-refractivity contribution in [3.8, 4) is 11.5 Å². The lowest BCUT2D eigenvalue weighted by Gasteiger charge is -2.17. The van der Waals surface area contributed by atoms with Crippen LogP contribution in [-0.2, 0) is 13.1 Å². The van der Waals surface area contributed by atoms with Crippen LogP contribution in [0.4, 0.5) is 0 Å². The summed E-state index contributed by atoms with van der Waals surface area (Å²) in [5.74, 6) is 1.54. The van der Waals surface area contributed by atoms with Gasteiger partial charge in [-0.05, 0) is 25.5 Å². The molecule has 0 amide bonds. The lowest BCUT2D eigenvalue weighted by atomic mass is 10.1. The Bertz CT molecular complexity index is 581. The van der Waals surface area contributed by atoms with Crippen molar-refractivity contribution < 1.29 is 9.47 Å². The molecule has 5 nitrogen and oxygen atoms in total. The van der Waals surface area contributed by atoms with Crippen LogP contribution < -0.4 is 14.8 Å². The number of rotatable bonds is 7. The first-order valence-electron chi connectivity index (χ1n) is 7.06. The van der Waals surface area contributed by atoms with E-state index < -0.39 is 0 Å². The first kappa shape index (κ1) is 15.4. The number of benzene rings is 1. The van der Waals surface area contributed by atoms with Crippen molar-refractivity contribution in [2.45, 2.75) is 33.0 Å². The normalized spacial score (nSPS) is 12.2. The zero-order valence-electron chi connectivity index (χ0n) is 13.1. The number of hydrogen-bond donors (Lipinski definition) is 1. The lowest BCUT2D eigenvalue weighted by Crippen LogP contribution is -2.30. The highest BCUT2D eigenvalue weighted by atomic mass is 16.5.